The van der Waals surface area contributed by atoms with E-state index in [1.807, 2.05) is 0 Å². The second kappa shape index (κ2) is 7.55. The molecule has 0 unspecified atom stereocenters. The van der Waals surface area contributed by atoms with Gasteiger partial charge in [-0.3, -0.25) is 14.2 Å². The van der Waals surface area contributed by atoms with Crippen LogP contribution in [0.3, 0.4) is 0 Å². The van der Waals surface area contributed by atoms with Gasteiger partial charge in [-0.15, -0.1) is 0 Å². The number of amides is 1. The maximum absolute atomic E-state index is 12.6. The minimum Gasteiger partial charge on any atom is -0.506 e. The molecule has 1 aromatic heterocycles. The molecule has 0 aliphatic heterocycles. The number of hydrogen-bond donors (Lipinski definition) is 2. The Morgan fingerprint density at radius 3 is 2.39 bits per heavy atom. The normalized spacial score (nSPS) is 11.2. The zero-order valence-electron chi connectivity index (χ0n) is 14.3. The van der Waals surface area contributed by atoms with Crippen molar-refractivity contribution in [2.45, 2.75) is 12.7 Å². The maximum atomic E-state index is 12.6. The number of carbonyl (C=O) groups excluding carboxylic acids is 1. The van der Waals surface area contributed by atoms with Gasteiger partial charge in [-0.2, -0.15) is 13.2 Å². The number of nitrogens with zero attached hydrogens (tertiary/aromatic N) is 2. The Morgan fingerprint density at radius 2 is 1.79 bits per heavy atom. The molecular weight excluding hydrogens is 375 g/mol. The van der Waals surface area contributed by atoms with E-state index in [1.165, 1.54) is 24.3 Å². The number of aromatic hydroxyl groups is 1. The molecule has 2 aromatic carbocycles. The lowest BCUT2D eigenvalue weighted by molar-refractivity contribution is -0.137. The van der Waals surface area contributed by atoms with Crippen LogP contribution in [0, 0.1) is 0 Å². The molecule has 0 spiro atoms. The second-order valence-corrected chi connectivity index (χ2v) is 5.88. The Bertz CT molecular complexity index is 1060. The first-order valence-electron chi connectivity index (χ1n) is 8.06. The molecule has 28 heavy (non-hydrogen) atoms. The van der Waals surface area contributed by atoms with Crippen LogP contribution in [0.4, 0.5) is 18.9 Å². The molecule has 0 radical (unpaired) electrons. The van der Waals surface area contributed by atoms with E-state index in [-0.39, 0.29) is 23.7 Å². The molecular formula is C19H14F3N3O3. The van der Waals surface area contributed by atoms with E-state index in [0.29, 0.717) is 5.56 Å². The van der Waals surface area contributed by atoms with Gasteiger partial charge in [0.15, 0.2) is 0 Å². The zero-order chi connectivity index (χ0) is 20.3. The van der Waals surface area contributed by atoms with E-state index in [9.17, 15) is 27.9 Å². The van der Waals surface area contributed by atoms with E-state index in [2.05, 4.69) is 10.3 Å². The number of carbonyl (C=O) groups is 1. The predicted molar refractivity (Wildman–Crippen MR) is 95.7 cm³/mol. The van der Waals surface area contributed by atoms with Gasteiger partial charge < -0.3 is 10.4 Å². The summed E-state index contributed by atoms with van der Waals surface area (Å²) in [6, 6.07) is 11.5. The van der Waals surface area contributed by atoms with Gasteiger partial charge >= 0.3 is 6.18 Å². The fraction of sp³-hybridized carbons (Fsp3) is 0.105. The lowest BCUT2D eigenvalue weighted by Gasteiger charge is -2.10. The first-order valence-corrected chi connectivity index (χ1v) is 8.06. The molecule has 3 rings (SSSR count). The predicted octanol–water partition coefficient (Wildman–Crippen LogP) is 3.27. The molecule has 0 fully saturated rings. The third-order valence-corrected chi connectivity index (χ3v) is 3.88. The average Bonchev–Trinajstić information content (AvgIpc) is 2.65. The van der Waals surface area contributed by atoms with Crippen LogP contribution in [0.15, 0.2) is 65.7 Å². The summed E-state index contributed by atoms with van der Waals surface area (Å²) in [6.07, 6.45) is -3.31. The van der Waals surface area contributed by atoms with Crippen LogP contribution in [0.5, 0.6) is 5.75 Å². The van der Waals surface area contributed by atoms with Crippen molar-refractivity contribution in [1.29, 1.82) is 0 Å². The molecule has 9 heteroatoms. The number of nitrogens with one attached hydrogen (secondary N) is 1. The fourth-order valence-electron chi connectivity index (χ4n) is 2.46. The van der Waals surface area contributed by atoms with Crippen LogP contribution in [-0.4, -0.2) is 20.6 Å². The number of rotatable bonds is 4. The highest BCUT2D eigenvalue weighted by Gasteiger charge is 2.30. The first kappa shape index (κ1) is 19.2. The van der Waals surface area contributed by atoms with Crippen molar-refractivity contribution in [3.8, 4) is 17.0 Å². The van der Waals surface area contributed by atoms with E-state index in [0.717, 1.165) is 29.1 Å². The summed E-state index contributed by atoms with van der Waals surface area (Å²) in [5.41, 5.74) is -0.607. The number of benzene rings is 2. The van der Waals surface area contributed by atoms with Crippen LogP contribution in [0.1, 0.15) is 5.56 Å². The highest BCUT2D eigenvalue weighted by atomic mass is 19.4. The highest BCUT2D eigenvalue weighted by molar-refractivity contribution is 5.92. The number of anilines is 1. The first-order chi connectivity index (χ1) is 13.2. The second-order valence-electron chi connectivity index (χ2n) is 5.88. The van der Waals surface area contributed by atoms with Crippen molar-refractivity contribution in [2.75, 3.05) is 5.32 Å². The number of alkyl halides is 3. The molecule has 0 aliphatic carbocycles. The number of aromatic nitrogens is 2. The largest absolute Gasteiger partial charge is 0.506 e. The number of phenolic OH excluding ortho intramolecular Hbond substituents is 1. The summed E-state index contributed by atoms with van der Waals surface area (Å²) < 4.78 is 38.9. The van der Waals surface area contributed by atoms with Crippen LogP contribution in [-0.2, 0) is 17.5 Å². The van der Waals surface area contributed by atoms with Crippen LogP contribution < -0.4 is 10.9 Å². The molecule has 1 heterocycles. The molecule has 0 bridgehead atoms. The summed E-state index contributed by atoms with van der Waals surface area (Å²) >= 11 is 0. The standard InChI is InChI=1S/C19H14F3N3O3/c20-19(21,22)13-7-5-12(6-8-13)15-9-18(28)25(11-23-15)10-17(27)24-14-3-1-2-4-16(14)26/h1-9,11,26H,10H2,(H,24,27). The number of phenols is 1. The SMILES string of the molecule is O=C(Cn1cnc(-c2ccc(C(F)(F)F)cc2)cc1=O)Nc1ccccc1O. The minimum absolute atomic E-state index is 0.112. The quantitative estimate of drug-likeness (QED) is 0.671. The lowest BCUT2D eigenvalue weighted by Crippen LogP contribution is -2.27. The monoisotopic (exact) mass is 389 g/mol. The van der Waals surface area contributed by atoms with Crippen molar-refractivity contribution in [1.82, 2.24) is 9.55 Å². The molecule has 2 N–H and O–H groups in total. The zero-order valence-corrected chi connectivity index (χ0v) is 14.3. The Hall–Kier alpha value is -3.62. The molecule has 144 valence electrons. The van der Waals surface area contributed by atoms with Crippen molar-refractivity contribution >= 4 is 11.6 Å². The summed E-state index contributed by atoms with van der Waals surface area (Å²) in [5.74, 6) is -0.661. The van der Waals surface area contributed by atoms with Gasteiger partial charge in [0.05, 0.1) is 23.3 Å². The average molecular weight is 389 g/mol. The molecule has 3 aromatic rings. The Morgan fingerprint density at radius 1 is 1.11 bits per heavy atom. The van der Waals surface area contributed by atoms with Crippen molar-refractivity contribution in [3.63, 3.8) is 0 Å². The summed E-state index contributed by atoms with van der Waals surface area (Å²) in [6.45, 7) is -0.340. The van der Waals surface area contributed by atoms with Crippen LogP contribution >= 0.6 is 0 Å². The molecule has 0 saturated heterocycles. The van der Waals surface area contributed by atoms with E-state index in [1.54, 1.807) is 12.1 Å². The van der Waals surface area contributed by atoms with Crippen LogP contribution in [0.25, 0.3) is 11.3 Å². The van der Waals surface area contributed by atoms with E-state index in [4.69, 9.17) is 0 Å². The van der Waals surface area contributed by atoms with Gasteiger partial charge in [-0.1, -0.05) is 24.3 Å². The molecule has 0 aliphatic rings. The number of hydrogen-bond acceptors (Lipinski definition) is 4. The van der Waals surface area contributed by atoms with Crippen molar-refractivity contribution in [3.05, 3.63) is 76.8 Å². The molecule has 6 nitrogen and oxygen atoms in total. The van der Waals surface area contributed by atoms with E-state index >= 15 is 0 Å². The summed E-state index contributed by atoms with van der Waals surface area (Å²) in [4.78, 5) is 28.3. The van der Waals surface area contributed by atoms with Crippen molar-refractivity contribution < 1.29 is 23.1 Å². The fourth-order valence-corrected chi connectivity index (χ4v) is 2.46. The topological polar surface area (TPSA) is 84.2 Å². The third kappa shape index (κ3) is 4.37. The lowest BCUT2D eigenvalue weighted by atomic mass is 10.1. The number of halogens is 3. The van der Waals surface area contributed by atoms with Gasteiger partial charge in [-0.25, -0.2) is 4.98 Å². The van der Waals surface area contributed by atoms with Gasteiger partial charge in [0.1, 0.15) is 12.3 Å². The van der Waals surface area contributed by atoms with Gasteiger partial charge in [-0.05, 0) is 24.3 Å². The van der Waals surface area contributed by atoms with Gasteiger partial charge in [0, 0.05) is 11.6 Å². The van der Waals surface area contributed by atoms with Gasteiger partial charge in [0.2, 0.25) is 5.91 Å². The Balaban J connectivity index is 1.74. The molecule has 0 atom stereocenters. The minimum atomic E-state index is -4.45. The third-order valence-electron chi connectivity index (χ3n) is 3.88. The Labute approximate surface area is 156 Å². The number of para-hydroxylation sites is 2. The summed E-state index contributed by atoms with van der Waals surface area (Å²) in [5, 5.41) is 12.1. The van der Waals surface area contributed by atoms with E-state index < -0.39 is 23.2 Å². The molecule has 0 saturated carbocycles. The smallest absolute Gasteiger partial charge is 0.416 e. The summed E-state index contributed by atoms with van der Waals surface area (Å²) in [7, 11) is 0. The maximum Gasteiger partial charge on any atom is 0.416 e. The molecule has 1 amide bonds. The van der Waals surface area contributed by atoms with Gasteiger partial charge in [0.25, 0.3) is 5.56 Å². The van der Waals surface area contributed by atoms with Crippen LogP contribution in [0.2, 0.25) is 0 Å². The van der Waals surface area contributed by atoms with Crippen molar-refractivity contribution in [2.24, 2.45) is 0 Å². The highest BCUT2D eigenvalue weighted by Crippen LogP contribution is 2.30. The Kier molecular flexibility index (Phi) is 5.16.